The second kappa shape index (κ2) is 6.60. The first-order valence-electron chi connectivity index (χ1n) is 7.82. The van der Waals surface area contributed by atoms with Crippen molar-refractivity contribution in [2.45, 2.75) is 25.6 Å². The maximum Gasteiger partial charge on any atom is 0.459 e. The molecule has 0 saturated heterocycles. The Bertz CT molecular complexity index is 915. The molecule has 2 aromatic rings. The second-order valence-corrected chi connectivity index (χ2v) is 5.66. The number of hydrazone groups is 1. The molecule has 3 rings (SSSR count). The molecule has 0 saturated carbocycles. The van der Waals surface area contributed by atoms with E-state index in [0.29, 0.717) is 11.6 Å². The lowest BCUT2D eigenvalue weighted by Crippen LogP contribution is -2.44. The van der Waals surface area contributed by atoms with E-state index in [4.69, 9.17) is 0 Å². The Balaban J connectivity index is 2.12. The van der Waals surface area contributed by atoms with Crippen molar-refractivity contribution >= 4 is 23.4 Å². The lowest BCUT2D eigenvalue weighted by Gasteiger charge is -2.19. The topological polar surface area (TPSA) is 50.5 Å². The van der Waals surface area contributed by atoms with E-state index >= 15 is 0 Å². The molecule has 0 atom stereocenters. The van der Waals surface area contributed by atoms with Crippen LogP contribution in [0.3, 0.4) is 0 Å². The minimum absolute atomic E-state index is 0.0747. The lowest BCUT2D eigenvalue weighted by molar-refractivity contribution is -0.248. The van der Waals surface area contributed by atoms with Crippen LogP contribution in [0.4, 0.5) is 27.6 Å². The minimum atomic E-state index is -5.90. The third-order valence-corrected chi connectivity index (χ3v) is 3.82. The fourth-order valence-electron chi connectivity index (χ4n) is 2.45. The molecule has 1 aliphatic rings. The molecule has 10 heteroatoms. The highest BCUT2D eigenvalue weighted by Crippen LogP contribution is 2.41. The molecule has 0 fully saturated rings. The standard InChI is InChI=1S/C17H13F5N4O/c1-2-25-10-11(9-23-25)8-13-14(16(18,19)17(20,21)22)24-26(15(13)27)12-6-4-3-5-7-12/h3-10H,2H2,1H3. The first-order valence-corrected chi connectivity index (χ1v) is 7.82. The molecule has 0 aliphatic carbocycles. The highest BCUT2D eigenvalue weighted by atomic mass is 19.4. The third kappa shape index (κ3) is 3.34. The number of hydrogen-bond acceptors (Lipinski definition) is 3. The molecule has 1 amide bonds. The number of amides is 1. The van der Waals surface area contributed by atoms with E-state index in [0.717, 1.165) is 6.08 Å². The van der Waals surface area contributed by atoms with Crippen molar-refractivity contribution in [3.8, 4) is 0 Å². The van der Waals surface area contributed by atoms with Gasteiger partial charge < -0.3 is 0 Å². The summed E-state index contributed by atoms with van der Waals surface area (Å²) in [7, 11) is 0. The van der Waals surface area contributed by atoms with Gasteiger partial charge >= 0.3 is 12.1 Å². The summed E-state index contributed by atoms with van der Waals surface area (Å²) in [6, 6.07) is 7.37. The molecule has 0 radical (unpaired) electrons. The molecule has 0 spiro atoms. The van der Waals surface area contributed by atoms with Crippen LogP contribution in [0, 0.1) is 0 Å². The van der Waals surface area contributed by atoms with Gasteiger partial charge in [0.05, 0.1) is 17.5 Å². The van der Waals surface area contributed by atoms with Crippen molar-refractivity contribution in [3.05, 3.63) is 53.9 Å². The van der Waals surface area contributed by atoms with Gasteiger partial charge in [0.15, 0.2) is 5.71 Å². The predicted octanol–water partition coefficient (Wildman–Crippen LogP) is 3.89. The first kappa shape index (κ1) is 18.7. The average Bonchev–Trinajstić information content (AvgIpc) is 3.20. The van der Waals surface area contributed by atoms with Crippen LogP contribution >= 0.6 is 0 Å². The van der Waals surface area contributed by atoms with Crippen LogP contribution in [0.15, 0.2) is 53.4 Å². The van der Waals surface area contributed by atoms with Crippen LogP contribution < -0.4 is 5.01 Å². The molecule has 0 N–H and O–H groups in total. The maximum atomic E-state index is 14.0. The maximum absolute atomic E-state index is 14.0. The van der Waals surface area contributed by atoms with E-state index in [2.05, 4.69) is 10.2 Å². The molecule has 1 aromatic heterocycles. The number of benzene rings is 1. The number of nitrogens with zero attached hydrogens (tertiary/aromatic N) is 4. The zero-order valence-electron chi connectivity index (χ0n) is 13.9. The summed E-state index contributed by atoms with van der Waals surface area (Å²) >= 11 is 0. The van der Waals surface area contributed by atoms with Crippen molar-refractivity contribution in [1.29, 1.82) is 0 Å². The van der Waals surface area contributed by atoms with Gasteiger partial charge in [-0.05, 0) is 25.1 Å². The van der Waals surface area contributed by atoms with Gasteiger partial charge in [-0.2, -0.15) is 37.2 Å². The number of carbonyl (C=O) groups is 1. The minimum Gasteiger partial charge on any atom is -0.272 e. The van der Waals surface area contributed by atoms with Crippen LogP contribution in [-0.2, 0) is 11.3 Å². The summed E-state index contributed by atoms with van der Waals surface area (Å²) in [6.45, 7) is 2.24. The number of para-hydroxylation sites is 1. The van der Waals surface area contributed by atoms with Gasteiger partial charge in [-0.15, -0.1) is 0 Å². The van der Waals surface area contributed by atoms with Gasteiger partial charge in [0.2, 0.25) is 0 Å². The van der Waals surface area contributed by atoms with Gasteiger partial charge in [-0.25, -0.2) is 0 Å². The Morgan fingerprint density at radius 3 is 2.33 bits per heavy atom. The van der Waals surface area contributed by atoms with Gasteiger partial charge in [0.1, 0.15) is 0 Å². The highest BCUT2D eigenvalue weighted by molar-refractivity contribution is 6.34. The summed E-state index contributed by atoms with van der Waals surface area (Å²) in [6.07, 6.45) is -2.28. The number of hydrogen-bond donors (Lipinski definition) is 0. The lowest BCUT2D eigenvalue weighted by atomic mass is 10.0. The van der Waals surface area contributed by atoms with Crippen LogP contribution in [0.1, 0.15) is 12.5 Å². The van der Waals surface area contributed by atoms with Crippen LogP contribution in [-0.4, -0.2) is 33.5 Å². The van der Waals surface area contributed by atoms with E-state index in [9.17, 15) is 26.7 Å². The predicted molar refractivity (Wildman–Crippen MR) is 88.2 cm³/mol. The Kier molecular flexibility index (Phi) is 4.58. The first-order chi connectivity index (χ1) is 12.6. The van der Waals surface area contributed by atoms with Crippen molar-refractivity contribution in [1.82, 2.24) is 9.78 Å². The number of carbonyl (C=O) groups excluding carboxylic acids is 1. The monoisotopic (exact) mass is 384 g/mol. The van der Waals surface area contributed by atoms with E-state index in [1.165, 1.54) is 41.3 Å². The zero-order chi connectivity index (χ0) is 19.8. The van der Waals surface area contributed by atoms with Crippen molar-refractivity contribution in [2.75, 3.05) is 5.01 Å². The molecule has 1 aliphatic heterocycles. The number of anilines is 1. The van der Waals surface area contributed by atoms with E-state index in [1.807, 2.05) is 0 Å². The normalized spacial score (nSPS) is 17.0. The van der Waals surface area contributed by atoms with Crippen LogP contribution in [0.2, 0.25) is 0 Å². The quantitative estimate of drug-likeness (QED) is 0.593. The van der Waals surface area contributed by atoms with Gasteiger partial charge in [-0.3, -0.25) is 9.48 Å². The van der Waals surface area contributed by atoms with Gasteiger partial charge in [0.25, 0.3) is 5.91 Å². The summed E-state index contributed by atoms with van der Waals surface area (Å²) in [5.74, 6) is -6.37. The third-order valence-electron chi connectivity index (χ3n) is 3.82. The molecular formula is C17H13F5N4O. The molecule has 1 aromatic carbocycles. The largest absolute Gasteiger partial charge is 0.459 e. The molecule has 142 valence electrons. The highest BCUT2D eigenvalue weighted by Gasteiger charge is 2.64. The Hall–Kier alpha value is -3.04. The summed E-state index contributed by atoms with van der Waals surface area (Å²) in [5.41, 5.74) is -2.20. The Morgan fingerprint density at radius 1 is 1.11 bits per heavy atom. The number of alkyl halides is 5. The van der Waals surface area contributed by atoms with Crippen LogP contribution in [0.5, 0.6) is 0 Å². The smallest absolute Gasteiger partial charge is 0.272 e. The Labute approximate surface area is 150 Å². The number of rotatable bonds is 4. The molecule has 0 unspecified atom stereocenters. The average molecular weight is 384 g/mol. The number of aryl methyl sites for hydroxylation is 1. The fraction of sp³-hybridized carbons (Fsp3) is 0.235. The molecular weight excluding hydrogens is 371 g/mol. The summed E-state index contributed by atoms with van der Waals surface area (Å²) in [4.78, 5) is 12.6. The second-order valence-electron chi connectivity index (χ2n) is 5.66. The zero-order valence-corrected chi connectivity index (χ0v) is 13.9. The van der Waals surface area contributed by atoms with Crippen LogP contribution in [0.25, 0.3) is 6.08 Å². The number of halogens is 5. The molecule has 27 heavy (non-hydrogen) atoms. The fourth-order valence-corrected chi connectivity index (χ4v) is 2.45. The molecule has 0 bridgehead atoms. The summed E-state index contributed by atoms with van der Waals surface area (Å²) in [5, 5.41) is 7.76. The van der Waals surface area contributed by atoms with Crippen molar-refractivity contribution < 1.29 is 26.7 Å². The van der Waals surface area contributed by atoms with E-state index < -0.39 is 29.3 Å². The molecule has 5 nitrogen and oxygen atoms in total. The number of aromatic nitrogens is 2. The summed E-state index contributed by atoms with van der Waals surface area (Å²) < 4.78 is 68.2. The molecule has 2 heterocycles. The van der Waals surface area contributed by atoms with Crippen molar-refractivity contribution in [2.24, 2.45) is 5.10 Å². The van der Waals surface area contributed by atoms with Gasteiger partial charge in [-0.1, -0.05) is 18.2 Å². The SMILES string of the molecule is CCn1cc(C=C2C(=O)N(c3ccccc3)N=C2C(F)(F)C(F)(F)F)cn1. The van der Waals surface area contributed by atoms with Crippen molar-refractivity contribution in [3.63, 3.8) is 0 Å². The van der Waals surface area contributed by atoms with Gasteiger partial charge in [0, 0.05) is 18.3 Å². The van der Waals surface area contributed by atoms with E-state index in [1.54, 1.807) is 13.0 Å². The Morgan fingerprint density at radius 2 is 1.78 bits per heavy atom. The van der Waals surface area contributed by atoms with E-state index in [-0.39, 0.29) is 11.3 Å².